The minimum Gasteiger partial charge on any atom is -0.379 e. The highest BCUT2D eigenvalue weighted by Crippen LogP contribution is 2.14. The number of hydrogen-bond acceptors (Lipinski definition) is 4. The molecule has 4 heteroatoms. The number of rotatable bonds is 12. The van der Waals surface area contributed by atoms with Crippen molar-refractivity contribution < 1.29 is 9.47 Å². The Kier molecular flexibility index (Phi) is 9.93. The Morgan fingerprint density at radius 1 is 0.923 bits per heavy atom. The third-order valence-corrected chi connectivity index (χ3v) is 4.88. The third kappa shape index (κ3) is 8.00. The van der Waals surface area contributed by atoms with E-state index in [0.717, 1.165) is 71.1 Å². The Labute approximate surface area is 159 Å². The van der Waals surface area contributed by atoms with Crippen LogP contribution in [0.2, 0.25) is 0 Å². The summed E-state index contributed by atoms with van der Waals surface area (Å²) in [6, 6.07) is 8.81. The Hall–Kier alpha value is -1.20. The fourth-order valence-electron chi connectivity index (χ4n) is 3.09. The molecule has 0 aliphatic carbocycles. The van der Waals surface area contributed by atoms with Crippen molar-refractivity contribution >= 4 is 5.57 Å². The van der Waals surface area contributed by atoms with E-state index in [1.165, 1.54) is 17.5 Å². The van der Waals surface area contributed by atoms with E-state index in [9.17, 15) is 0 Å². The number of ether oxygens (including phenoxy) is 2. The van der Waals surface area contributed by atoms with Gasteiger partial charge in [-0.3, -0.25) is 9.80 Å². The monoisotopic (exact) mass is 360 g/mol. The zero-order valence-electron chi connectivity index (χ0n) is 16.7. The molecule has 1 aliphatic rings. The van der Waals surface area contributed by atoms with Gasteiger partial charge in [0.1, 0.15) is 0 Å². The molecule has 1 aromatic rings. The maximum absolute atomic E-state index is 5.68. The maximum atomic E-state index is 5.68. The summed E-state index contributed by atoms with van der Waals surface area (Å²) < 4.78 is 11.2. The van der Waals surface area contributed by atoms with Crippen molar-refractivity contribution in [3.63, 3.8) is 0 Å². The van der Waals surface area contributed by atoms with Crippen LogP contribution in [-0.2, 0) is 16.0 Å². The summed E-state index contributed by atoms with van der Waals surface area (Å²) >= 11 is 0. The normalized spacial score (nSPS) is 16.1. The van der Waals surface area contributed by atoms with Gasteiger partial charge in [0.2, 0.25) is 0 Å². The number of benzene rings is 1. The predicted molar refractivity (Wildman–Crippen MR) is 109 cm³/mol. The fourth-order valence-corrected chi connectivity index (χ4v) is 3.09. The van der Waals surface area contributed by atoms with Crippen LogP contribution in [0.25, 0.3) is 5.57 Å². The summed E-state index contributed by atoms with van der Waals surface area (Å²) in [5.74, 6) is 0. The van der Waals surface area contributed by atoms with E-state index in [0.29, 0.717) is 6.61 Å². The molecule has 0 radical (unpaired) electrons. The zero-order chi connectivity index (χ0) is 18.6. The number of piperazine rings is 1. The minimum absolute atomic E-state index is 0.712. The molecule has 0 N–H and O–H groups in total. The molecule has 1 saturated heterocycles. The molecule has 146 valence electrons. The summed E-state index contributed by atoms with van der Waals surface area (Å²) in [4.78, 5) is 5.04. The van der Waals surface area contributed by atoms with E-state index in [1.807, 2.05) is 0 Å². The van der Waals surface area contributed by atoms with Gasteiger partial charge in [-0.05, 0) is 24.5 Å². The molecule has 0 spiro atoms. The quantitative estimate of drug-likeness (QED) is 0.531. The van der Waals surface area contributed by atoms with Gasteiger partial charge < -0.3 is 9.47 Å². The van der Waals surface area contributed by atoms with Gasteiger partial charge in [-0.1, -0.05) is 49.8 Å². The summed E-state index contributed by atoms with van der Waals surface area (Å²) in [5.41, 5.74) is 3.74. The molecule has 1 aromatic carbocycles. The van der Waals surface area contributed by atoms with Crippen molar-refractivity contribution in [3.8, 4) is 0 Å². The molecule has 1 heterocycles. The lowest BCUT2D eigenvalue weighted by molar-refractivity contribution is 0.0305. The van der Waals surface area contributed by atoms with Gasteiger partial charge in [0.05, 0.1) is 19.8 Å². The smallest absolute Gasteiger partial charge is 0.0701 e. The van der Waals surface area contributed by atoms with Crippen LogP contribution in [0.15, 0.2) is 30.8 Å². The largest absolute Gasteiger partial charge is 0.379 e. The van der Waals surface area contributed by atoms with E-state index in [2.05, 4.69) is 54.5 Å². The average molecular weight is 361 g/mol. The molecular formula is C22H36N2O2. The van der Waals surface area contributed by atoms with E-state index in [-0.39, 0.29) is 0 Å². The van der Waals surface area contributed by atoms with Gasteiger partial charge in [0.25, 0.3) is 0 Å². The summed E-state index contributed by atoms with van der Waals surface area (Å²) in [6.07, 6.45) is 2.33. The zero-order valence-corrected chi connectivity index (χ0v) is 16.7. The van der Waals surface area contributed by atoms with E-state index in [1.54, 1.807) is 0 Å². The van der Waals surface area contributed by atoms with Crippen molar-refractivity contribution in [2.45, 2.75) is 33.2 Å². The molecule has 1 fully saturated rings. The van der Waals surface area contributed by atoms with Crippen LogP contribution in [0.3, 0.4) is 0 Å². The second kappa shape index (κ2) is 12.2. The van der Waals surface area contributed by atoms with E-state index < -0.39 is 0 Å². The molecule has 2 rings (SSSR count). The molecule has 0 aromatic heterocycles. The predicted octanol–water partition coefficient (Wildman–Crippen LogP) is 3.67. The van der Waals surface area contributed by atoms with Gasteiger partial charge in [-0.2, -0.15) is 0 Å². The first kappa shape index (κ1) is 21.1. The Morgan fingerprint density at radius 2 is 1.54 bits per heavy atom. The second-order valence-electron chi connectivity index (χ2n) is 7.17. The summed E-state index contributed by atoms with van der Waals surface area (Å²) in [6.45, 7) is 17.9. The van der Waals surface area contributed by atoms with Crippen molar-refractivity contribution in [3.05, 3.63) is 42.0 Å². The molecule has 26 heavy (non-hydrogen) atoms. The fraction of sp³-hybridized carbons (Fsp3) is 0.636. The molecule has 0 unspecified atom stereocenters. The maximum Gasteiger partial charge on any atom is 0.0701 e. The van der Waals surface area contributed by atoms with Crippen LogP contribution in [0.5, 0.6) is 0 Å². The average Bonchev–Trinajstić information content (AvgIpc) is 2.65. The number of nitrogens with zero attached hydrogens (tertiary/aromatic N) is 2. The Bertz CT molecular complexity index is 507. The molecular weight excluding hydrogens is 324 g/mol. The number of allylic oxidation sites excluding steroid dienone is 1. The first-order valence-electron chi connectivity index (χ1n) is 10.0. The first-order valence-corrected chi connectivity index (χ1v) is 10.0. The van der Waals surface area contributed by atoms with E-state index >= 15 is 0 Å². The lowest BCUT2D eigenvalue weighted by atomic mass is 10.1. The first-order chi connectivity index (χ1) is 12.7. The topological polar surface area (TPSA) is 24.9 Å². The van der Waals surface area contributed by atoms with Gasteiger partial charge >= 0.3 is 0 Å². The Morgan fingerprint density at radius 3 is 2.15 bits per heavy atom. The van der Waals surface area contributed by atoms with Crippen molar-refractivity contribution in [2.75, 3.05) is 59.2 Å². The van der Waals surface area contributed by atoms with Crippen LogP contribution in [0, 0.1) is 0 Å². The van der Waals surface area contributed by atoms with Crippen LogP contribution in [0.4, 0.5) is 0 Å². The molecule has 4 nitrogen and oxygen atoms in total. The van der Waals surface area contributed by atoms with Crippen molar-refractivity contribution in [1.29, 1.82) is 0 Å². The van der Waals surface area contributed by atoms with Crippen LogP contribution in [0.1, 0.15) is 37.8 Å². The highest BCUT2D eigenvalue weighted by Gasteiger charge is 2.16. The third-order valence-electron chi connectivity index (χ3n) is 4.88. The van der Waals surface area contributed by atoms with E-state index in [4.69, 9.17) is 9.47 Å². The molecule has 0 bridgehead atoms. The van der Waals surface area contributed by atoms with Crippen LogP contribution >= 0.6 is 0 Å². The van der Waals surface area contributed by atoms with Gasteiger partial charge in [-0.25, -0.2) is 0 Å². The molecule has 1 aliphatic heterocycles. The summed E-state index contributed by atoms with van der Waals surface area (Å²) in [7, 11) is 0. The van der Waals surface area contributed by atoms with Crippen molar-refractivity contribution in [2.24, 2.45) is 0 Å². The van der Waals surface area contributed by atoms with Crippen molar-refractivity contribution in [1.82, 2.24) is 9.80 Å². The second-order valence-corrected chi connectivity index (χ2v) is 7.17. The lowest BCUT2D eigenvalue weighted by Gasteiger charge is -2.34. The summed E-state index contributed by atoms with van der Waals surface area (Å²) in [5, 5.41) is 0. The Balaban J connectivity index is 1.54. The van der Waals surface area contributed by atoms with Gasteiger partial charge in [-0.15, -0.1) is 0 Å². The van der Waals surface area contributed by atoms with Crippen LogP contribution < -0.4 is 0 Å². The minimum atomic E-state index is 0.712. The lowest BCUT2D eigenvalue weighted by Crippen LogP contribution is -2.46. The van der Waals surface area contributed by atoms with Crippen LogP contribution in [-0.4, -0.2) is 69.0 Å². The SMILES string of the molecule is C=C(C)c1ccc(CN2CCN(CCOCCOCCCC)CC2)cc1. The highest BCUT2D eigenvalue weighted by atomic mass is 16.5. The van der Waals surface area contributed by atoms with Gasteiger partial charge in [0.15, 0.2) is 0 Å². The molecule has 0 amide bonds. The number of unbranched alkanes of at least 4 members (excludes halogenated alkanes) is 1. The number of hydrogen-bond donors (Lipinski definition) is 0. The highest BCUT2D eigenvalue weighted by molar-refractivity contribution is 5.61. The molecule has 0 atom stereocenters. The molecule has 0 saturated carbocycles. The van der Waals surface area contributed by atoms with Gasteiger partial charge in [0, 0.05) is 45.9 Å². The standard InChI is InChI=1S/C22H36N2O2/c1-4-5-15-25-17-18-26-16-14-23-10-12-24(13-11-23)19-21-6-8-22(9-7-21)20(2)3/h6-9H,2,4-5,10-19H2,1,3H3.